The summed E-state index contributed by atoms with van der Waals surface area (Å²) >= 11 is 9.28. The highest BCUT2D eigenvalue weighted by Crippen LogP contribution is 2.25. The molecule has 0 spiro atoms. The second-order valence-electron chi connectivity index (χ2n) is 4.39. The Hall–Kier alpha value is -1.99. The second-order valence-corrected chi connectivity index (χ2v) is 5.60. The quantitative estimate of drug-likeness (QED) is 0.401. The molecule has 0 bridgehead atoms. The minimum atomic E-state index is -0.541. The molecular formula is C13H8BrClN4O2. The largest absolute Gasteiger partial charge is 0.404 e. The second kappa shape index (κ2) is 5.42. The molecule has 6 nitrogen and oxygen atoms in total. The van der Waals surface area contributed by atoms with E-state index in [9.17, 15) is 10.1 Å². The molecule has 0 fully saturated rings. The lowest BCUT2D eigenvalue weighted by Gasteiger charge is -2.04. The Morgan fingerprint density at radius 2 is 2.14 bits per heavy atom. The number of para-hydroxylation sites is 1. The Bertz CT molecular complexity index is 849. The van der Waals surface area contributed by atoms with Crippen molar-refractivity contribution in [2.45, 2.75) is 6.54 Å². The Labute approximate surface area is 132 Å². The minimum absolute atomic E-state index is 0.222. The molecule has 0 radical (unpaired) electrons. The summed E-state index contributed by atoms with van der Waals surface area (Å²) in [6.45, 7) is 0.309. The van der Waals surface area contributed by atoms with E-state index in [0.29, 0.717) is 16.2 Å². The van der Waals surface area contributed by atoms with Gasteiger partial charge in [0.05, 0.1) is 23.4 Å². The Morgan fingerprint density at radius 1 is 1.38 bits per heavy atom. The Balaban J connectivity index is 1.99. The van der Waals surface area contributed by atoms with Crippen LogP contribution >= 0.6 is 27.5 Å². The Kier molecular flexibility index (Phi) is 3.60. The number of nitrogens with zero attached hydrogens (tertiary/aromatic N) is 4. The van der Waals surface area contributed by atoms with Crippen molar-refractivity contribution in [2.75, 3.05) is 0 Å². The number of benzene rings is 1. The first-order valence-electron chi connectivity index (χ1n) is 5.96. The average molecular weight is 368 g/mol. The number of rotatable bonds is 3. The fourth-order valence-corrected chi connectivity index (χ4v) is 2.68. The van der Waals surface area contributed by atoms with E-state index in [-0.39, 0.29) is 5.82 Å². The summed E-state index contributed by atoms with van der Waals surface area (Å²) in [6, 6.07) is 9.52. The van der Waals surface area contributed by atoms with Gasteiger partial charge in [-0.2, -0.15) is 4.68 Å². The molecule has 2 heterocycles. The molecule has 0 aliphatic rings. The lowest BCUT2D eigenvalue weighted by molar-refractivity contribution is -0.390. The molecular weight excluding hydrogens is 360 g/mol. The van der Waals surface area contributed by atoms with E-state index < -0.39 is 4.92 Å². The number of halogens is 2. The van der Waals surface area contributed by atoms with Gasteiger partial charge in [0.15, 0.2) is 0 Å². The molecule has 0 N–H and O–H groups in total. The van der Waals surface area contributed by atoms with Crippen molar-refractivity contribution < 1.29 is 4.92 Å². The predicted molar refractivity (Wildman–Crippen MR) is 82.4 cm³/mol. The van der Waals surface area contributed by atoms with Crippen LogP contribution in [0.4, 0.5) is 5.82 Å². The highest BCUT2D eigenvalue weighted by Gasteiger charge is 2.19. The molecule has 0 atom stereocenters. The van der Waals surface area contributed by atoms with Gasteiger partial charge < -0.3 is 10.1 Å². The lowest BCUT2D eigenvalue weighted by atomic mass is 10.1. The number of pyridine rings is 1. The third-order valence-electron chi connectivity index (χ3n) is 2.95. The van der Waals surface area contributed by atoms with E-state index in [0.717, 1.165) is 16.5 Å². The zero-order valence-corrected chi connectivity index (χ0v) is 12.9. The maximum Gasteiger partial charge on any atom is 0.404 e. The first-order chi connectivity index (χ1) is 10.0. The molecule has 0 aliphatic heterocycles. The van der Waals surface area contributed by atoms with Gasteiger partial charge in [0.25, 0.3) is 0 Å². The fourth-order valence-electron chi connectivity index (χ4n) is 2.01. The standard InChI is InChI=1S/C13H8BrClN4O2/c14-10-7-18(17-13(10)19(20)21)6-9-5-8-3-1-2-4-11(8)16-12(9)15/h1-5,7H,6H2. The molecule has 3 rings (SSSR count). The van der Waals surface area contributed by atoms with Crippen LogP contribution in [0.2, 0.25) is 5.15 Å². The molecule has 3 aromatic rings. The van der Waals surface area contributed by atoms with Gasteiger partial charge in [-0.3, -0.25) is 0 Å². The molecule has 0 aliphatic carbocycles. The maximum atomic E-state index is 10.8. The normalized spacial score (nSPS) is 11.0. The number of nitro groups is 1. The SMILES string of the molecule is O=[N+]([O-])c1nn(Cc2cc3ccccc3nc2Cl)cc1Br. The van der Waals surface area contributed by atoms with Gasteiger partial charge in [-0.05, 0) is 33.0 Å². The third kappa shape index (κ3) is 2.74. The lowest BCUT2D eigenvalue weighted by Crippen LogP contribution is -2.03. The predicted octanol–water partition coefficient (Wildman–Crippen LogP) is 3.80. The molecule has 21 heavy (non-hydrogen) atoms. The first kappa shape index (κ1) is 14.0. The van der Waals surface area contributed by atoms with Gasteiger partial charge in [-0.1, -0.05) is 29.8 Å². The van der Waals surface area contributed by atoms with Gasteiger partial charge >= 0.3 is 5.82 Å². The van der Waals surface area contributed by atoms with Crippen molar-refractivity contribution in [2.24, 2.45) is 0 Å². The first-order valence-corrected chi connectivity index (χ1v) is 7.13. The molecule has 0 amide bonds. The zero-order chi connectivity index (χ0) is 15.0. The summed E-state index contributed by atoms with van der Waals surface area (Å²) in [6.07, 6.45) is 1.55. The topological polar surface area (TPSA) is 73.8 Å². The van der Waals surface area contributed by atoms with Crippen molar-refractivity contribution in [1.82, 2.24) is 14.8 Å². The summed E-state index contributed by atoms with van der Waals surface area (Å²) in [7, 11) is 0. The van der Waals surface area contributed by atoms with Crippen molar-refractivity contribution in [3.63, 3.8) is 0 Å². The number of aromatic nitrogens is 3. The Morgan fingerprint density at radius 3 is 2.86 bits per heavy atom. The smallest absolute Gasteiger partial charge is 0.358 e. The van der Waals surface area contributed by atoms with E-state index in [2.05, 4.69) is 26.0 Å². The summed E-state index contributed by atoms with van der Waals surface area (Å²) in [5.41, 5.74) is 1.55. The number of fused-ring (bicyclic) bond motifs is 1. The molecule has 0 saturated carbocycles. The summed E-state index contributed by atoms with van der Waals surface area (Å²) in [5.74, 6) is -0.222. The van der Waals surface area contributed by atoms with E-state index in [4.69, 9.17) is 11.6 Å². The van der Waals surface area contributed by atoms with E-state index >= 15 is 0 Å². The third-order valence-corrected chi connectivity index (χ3v) is 3.84. The van der Waals surface area contributed by atoms with Crippen LogP contribution in [0.15, 0.2) is 41.0 Å². The molecule has 2 aromatic heterocycles. The molecule has 0 unspecified atom stereocenters. The van der Waals surface area contributed by atoms with Crippen molar-refractivity contribution in [1.29, 1.82) is 0 Å². The van der Waals surface area contributed by atoms with Crippen molar-refractivity contribution >= 4 is 44.3 Å². The highest BCUT2D eigenvalue weighted by molar-refractivity contribution is 9.10. The van der Waals surface area contributed by atoms with Crippen LogP contribution in [0.3, 0.4) is 0 Å². The van der Waals surface area contributed by atoms with Crippen LogP contribution in [-0.4, -0.2) is 19.7 Å². The van der Waals surface area contributed by atoms with E-state index in [1.807, 2.05) is 30.3 Å². The van der Waals surface area contributed by atoms with Crippen LogP contribution in [0.1, 0.15) is 5.56 Å². The van der Waals surface area contributed by atoms with E-state index in [1.54, 1.807) is 6.20 Å². The molecule has 0 saturated heterocycles. The fraction of sp³-hybridized carbons (Fsp3) is 0.0769. The molecule has 8 heteroatoms. The summed E-state index contributed by atoms with van der Waals surface area (Å²) in [4.78, 5) is 14.6. The highest BCUT2D eigenvalue weighted by atomic mass is 79.9. The van der Waals surface area contributed by atoms with E-state index in [1.165, 1.54) is 4.68 Å². The molecule has 106 valence electrons. The molecule has 1 aromatic carbocycles. The van der Waals surface area contributed by atoms with Crippen LogP contribution in [0, 0.1) is 10.1 Å². The number of hydrogen-bond acceptors (Lipinski definition) is 4. The van der Waals surface area contributed by atoms with Gasteiger partial charge in [0.1, 0.15) is 9.63 Å². The minimum Gasteiger partial charge on any atom is -0.358 e. The van der Waals surface area contributed by atoms with Crippen molar-refractivity contribution in [3.8, 4) is 0 Å². The van der Waals surface area contributed by atoms with Gasteiger partial charge in [-0.25, -0.2) is 4.98 Å². The van der Waals surface area contributed by atoms with Gasteiger partial charge in [0, 0.05) is 10.9 Å². The van der Waals surface area contributed by atoms with Crippen LogP contribution in [-0.2, 0) is 6.54 Å². The maximum absolute atomic E-state index is 10.8. The van der Waals surface area contributed by atoms with Gasteiger partial charge in [0.2, 0.25) is 0 Å². The van der Waals surface area contributed by atoms with Crippen LogP contribution in [0.25, 0.3) is 10.9 Å². The summed E-state index contributed by atoms with van der Waals surface area (Å²) in [5, 5.41) is 16.0. The van der Waals surface area contributed by atoms with Crippen LogP contribution in [0.5, 0.6) is 0 Å². The van der Waals surface area contributed by atoms with Gasteiger partial charge in [-0.15, -0.1) is 0 Å². The average Bonchev–Trinajstić information content (AvgIpc) is 2.81. The monoisotopic (exact) mass is 366 g/mol. The zero-order valence-electron chi connectivity index (χ0n) is 10.5. The van der Waals surface area contributed by atoms with Crippen LogP contribution < -0.4 is 0 Å². The van der Waals surface area contributed by atoms with Crippen molar-refractivity contribution in [3.05, 3.63) is 61.8 Å². The summed E-state index contributed by atoms with van der Waals surface area (Å²) < 4.78 is 1.79. The number of hydrogen-bond donors (Lipinski definition) is 0.